The van der Waals surface area contributed by atoms with Crippen molar-refractivity contribution >= 4 is 47.1 Å². The molecule has 0 atom stereocenters. The van der Waals surface area contributed by atoms with Gasteiger partial charge in [-0.15, -0.1) is 0 Å². The van der Waals surface area contributed by atoms with Crippen molar-refractivity contribution in [1.82, 2.24) is 4.98 Å². The fourth-order valence-corrected chi connectivity index (χ4v) is 3.20. The number of halogens is 2. The molecule has 1 aromatic heterocycles. The molecule has 0 aliphatic heterocycles. The number of aromatic nitrogens is 1. The number of carbonyl (C=O) groups is 2. The van der Waals surface area contributed by atoms with Crippen LogP contribution in [0.1, 0.15) is 50.6 Å². The van der Waals surface area contributed by atoms with Crippen LogP contribution in [0.3, 0.4) is 0 Å². The smallest absolute Gasteiger partial charge is 0.154 e. The zero-order chi connectivity index (χ0) is 18.0. The van der Waals surface area contributed by atoms with Crippen LogP contribution in [0.2, 0.25) is 0 Å². The molecule has 0 spiro atoms. The van der Waals surface area contributed by atoms with E-state index in [0.29, 0.717) is 29.1 Å². The Morgan fingerprint density at radius 2 is 1.96 bits per heavy atom. The monoisotopic (exact) mass is 450 g/mol. The maximum absolute atomic E-state index is 14.2. The number of hydrogen-bond acceptors (Lipinski definition) is 4. The van der Waals surface area contributed by atoms with E-state index in [1.54, 1.807) is 36.5 Å². The van der Waals surface area contributed by atoms with Gasteiger partial charge in [0.15, 0.2) is 12.6 Å². The molecule has 0 saturated heterocycles. The SMILES string of the molecule is CN(/C=C\c1cc(C2CC2)cc(F)c1C=O)c1nccc(I)c1C=O. The number of anilines is 1. The molecule has 0 bridgehead atoms. The van der Waals surface area contributed by atoms with Gasteiger partial charge in [0.25, 0.3) is 0 Å². The maximum atomic E-state index is 14.2. The molecule has 1 aliphatic rings. The van der Waals surface area contributed by atoms with Gasteiger partial charge in [-0.1, -0.05) is 6.07 Å². The van der Waals surface area contributed by atoms with E-state index in [2.05, 4.69) is 27.6 Å². The predicted molar refractivity (Wildman–Crippen MR) is 104 cm³/mol. The topological polar surface area (TPSA) is 50.3 Å². The van der Waals surface area contributed by atoms with Crippen molar-refractivity contribution in [1.29, 1.82) is 0 Å². The van der Waals surface area contributed by atoms with E-state index in [0.717, 1.165) is 28.3 Å². The number of pyridine rings is 1. The van der Waals surface area contributed by atoms with E-state index in [1.165, 1.54) is 6.07 Å². The van der Waals surface area contributed by atoms with Crippen molar-refractivity contribution in [3.63, 3.8) is 0 Å². The Kier molecular flexibility index (Phi) is 5.27. The molecule has 1 aliphatic carbocycles. The van der Waals surface area contributed by atoms with Crippen molar-refractivity contribution in [3.05, 3.63) is 62.2 Å². The summed E-state index contributed by atoms with van der Waals surface area (Å²) in [5.74, 6) is 0.395. The second kappa shape index (κ2) is 7.43. The summed E-state index contributed by atoms with van der Waals surface area (Å²) in [4.78, 5) is 28.5. The van der Waals surface area contributed by atoms with Gasteiger partial charge in [0.05, 0.1) is 11.1 Å². The molecular formula is C19H16FIN2O2. The Balaban J connectivity index is 1.95. The molecule has 1 fully saturated rings. The summed E-state index contributed by atoms with van der Waals surface area (Å²) in [6, 6.07) is 5.07. The quantitative estimate of drug-likeness (QED) is 0.483. The minimum atomic E-state index is -0.498. The summed E-state index contributed by atoms with van der Waals surface area (Å²) in [7, 11) is 1.75. The molecule has 6 heteroatoms. The molecule has 1 saturated carbocycles. The lowest BCUT2D eigenvalue weighted by Crippen LogP contribution is -2.13. The van der Waals surface area contributed by atoms with Gasteiger partial charge >= 0.3 is 0 Å². The highest BCUT2D eigenvalue weighted by molar-refractivity contribution is 14.1. The molecule has 128 valence electrons. The standard InChI is InChI=1S/C19H16FIN2O2/c1-23(19-16(11-25)18(21)4-6-22-19)7-5-13-8-14(12-2-3-12)9-17(20)15(13)10-24/h4-12H,2-3H2,1H3/b7-5-. The normalized spacial score (nSPS) is 13.9. The van der Waals surface area contributed by atoms with Gasteiger partial charge in [0.2, 0.25) is 0 Å². The van der Waals surface area contributed by atoms with E-state index < -0.39 is 5.82 Å². The van der Waals surface area contributed by atoms with Crippen LogP contribution in [-0.4, -0.2) is 24.6 Å². The van der Waals surface area contributed by atoms with E-state index in [-0.39, 0.29) is 5.56 Å². The molecule has 1 aromatic carbocycles. The van der Waals surface area contributed by atoms with Crippen LogP contribution >= 0.6 is 22.6 Å². The fraction of sp³-hybridized carbons (Fsp3) is 0.211. The van der Waals surface area contributed by atoms with Gasteiger partial charge in [0.1, 0.15) is 11.6 Å². The third-order valence-corrected chi connectivity index (χ3v) is 5.14. The van der Waals surface area contributed by atoms with Crippen LogP contribution in [-0.2, 0) is 0 Å². The average Bonchev–Trinajstić information content (AvgIpc) is 3.44. The number of carbonyl (C=O) groups excluding carboxylic acids is 2. The molecule has 0 unspecified atom stereocenters. The van der Waals surface area contributed by atoms with E-state index in [4.69, 9.17) is 0 Å². The summed E-state index contributed by atoms with van der Waals surface area (Å²) in [6.07, 6.45) is 8.39. The first-order valence-electron chi connectivity index (χ1n) is 7.84. The van der Waals surface area contributed by atoms with E-state index in [1.807, 2.05) is 6.07 Å². The largest absolute Gasteiger partial charge is 0.335 e. The van der Waals surface area contributed by atoms with Crippen LogP contribution < -0.4 is 4.90 Å². The van der Waals surface area contributed by atoms with Gasteiger partial charge in [-0.05, 0) is 70.7 Å². The zero-order valence-corrected chi connectivity index (χ0v) is 15.7. The molecular weight excluding hydrogens is 434 g/mol. The number of rotatable bonds is 6. The van der Waals surface area contributed by atoms with Crippen molar-refractivity contribution < 1.29 is 14.0 Å². The van der Waals surface area contributed by atoms with Gasteiger partial charge in [-0.2, -0.15) is 0 Å². The minimum absolute atomic E-state index is 0.0419. The Morgan fingerprint density at radius 3 is 2.60 bits per heavy atom. The van der Waals surface area contributed by atoms with Crippen molar-refractivity contribution in [2.45, 2.75) is 18.8 Å². The lowest BCUT2D eigenvalue weighted by molar-refractivity contribution is 0.111. The molecule has 25 heavy (non-hydrogen) atoms. The third kappa shape index (κ3) is 3.78. The second-order valence-electron chi connectivity index (χ2n) is 5.97. The van der Waals surface area contributed by atoms with Crippen LogP contribution in [0.5, 0.6) is 0 Å². The Labute approximate surface area is 158 Å². The second-order valence-corrected chi connectivity index (χ2v) is 7.13. The summed E-state index contributed by atoms with van der Waals surface area (Å²) in [5, 5.41) is 0. The van der Waals surface area contributed by atoms with E-state index in [9.17, 15) is 14.0 Å². The van der Waals surface area contributed by atoms with Crippen molar-refractivity contribution in [2.24, 2.45) is 0 Å². The third-order valence-electron chi connectivity index (χ3n) is 4.20. The lowest BCUT2D eigenvalue weighted by atomic mass is 10.0. The molecule has 0 amide bonds. The van der Waals surface area contributed by atoms with E-state index >= 15 is 0 Å². The number of hydrogen-bond donors (Lipinski definition) is 0. The van der Waals surface area contributed by atoms with Gasteiger partial charge in [0, 0.05) is 23.0 Å². The summed E-state index contributed by atoms with van der Waals surface area (Å²) < 4.78 is 15.0. The molecule has 0 radical (unpaired) electrons. The van der Waals surface area contributed by atoms with Gasteiger partial charge in [-0.3, -0.25) is 9.59 Å². The molecule has 3 rings (SSSR count). The summed E-state index contributed by atoms with van der Waals surface area (Å²) in [5.41, 5.74) is 1.98. The van der Waals surface area contributed by atoms with Crippen molar-refractivity contribution in [2.75, 3.05) is 11.9 Å². The predicted octanol–water partition coefficient (Wildman–Crippen LogP) is 4.43. The molecule has 2 aromatic rings. The number of aldehydes is 2. The van der Waals surface area contributed by atoms with Crippen LogP contribution in [0.4, 0.5) is 10.2 Å². The average molecular weight is 450 g/mol. The van der Waals surface area contributed by atoms with Crippen LogP contribution in [0, 0.1) is 9.39 Å². The fourth-order valence-electron chi connectivity index (χ4n) is 2.67. The summed E-state index contributed by atoms with van der Waals surface area (Å²) in [6.45, 7) is 0. The van der Waals surface area contributed by atoms with Crippen LogP contribution in [0.15, 0.2) is 30.6 Å². The number of benzene rings is 1. The Bertz CT molecular complexity index is 863. The molecule has 1 heterocycles. The highest BCUT2D eigenvalue weighted by Gasteiger charge is 2.25. The zero-order valence-electron chi connectivity index (χ0n) is 13.6. The van der Waals surface area contributed by atoms with Crippen LogP contribution in [0.25, 0.3) is 6.08 Å². The maximum Gasteiger partial charge on any atom is 0.154 e. The Hall–Kier alpha value is -2.09. The lowest BCUT2D eigenvalue weighted by Gasteiger charge is -2.16. The highest BCUT2D eigenvalue weighted by atomic mass is 127. The first kappa shape index (κ1) is 17.7. The first-order chi connectivity index (χ1) is 12.0. The van der Waals surface area contributed by atoms with Gasteiger partial charge < -0.3 is 4.90 Å². The molecule has 0 N–H and O–H groups in total. The Morgan fingerprint density at radius 1 is 1.24 bits per heavy atom. The first-order valence-corrected chi connectivity index (χ1v) is 8.92. The van der Waals surface area contributed by atoms with Gasteiger partial charge in [-0.25, -0.2) is 9.37 Å². The van der Waals surface area contributed by atoms with Crippen molar-refractivity contribution in [3.8, 4) is 0 Å². The molecule has 4 nitrogen and oxygen atoms in total. The minimum Gasteiger partial charge on any atom is -0.335 e. The highest BCUT2D eigenvalue weighted by Crippen LogP contribution is 2.41. The summed E-state index contributed by atoms with van der Waals surface area (Å²) >= 11 is 2.08. The number of nitrogens with zero attached hydrogens (tertiary/aromatic N) is 2.